The van der Waals surface area contributed by atoms with Crippen molar-refractivity contribution in [3.8, 4) is 0 Å². The Morgan fingerprint density at radius 1 is 0.960 bits per heavy atom. The summed E-state index contributed by atoms with van der Waals surface area (Å²) in [5.74, 6) is -4.57. The molecule has 11 heteroatoms. The molecule has 0 aromatic rings. The van der Waals surface area contributed by atoms with Crippen LogP contribution in [-0.2, 0) is 24.0 Å². The summed E-state index contributed by atoms with van der Waals surface area (Å²) in [6.07, 6.45) is -0.338. The average molecular weight is 360 g/mol. The molecule has 0 unspecified atom stereocenters. The summed E-state index contributed by atoms with van der Waals surface area (Å²) in [7, 11) is 0. The van der Waals surface area contributed by atoms with Gasteiger partial charge in [-0.05, 0) is 12.3 Å². The molecule has 0 fully saturated rings. The van der Waals surface area contributed by atoms with E-state index in [4.69, 9.17) is 15.9 Å². The summed E-state index contributed by atoms with van der Waals surface area (Å²) in [5.41, 5.74) is 5.31. The predicted molar refractivity (Wildman–Crippen MR) is 85.3 cm³/mol. The van der Waals surface area contributed by atoms with Crippen molar-refractivity contribution in [2.24, 2.45) is 11.7 Å². The fourth-order valence-corrected chi connectivity index (χ4v) is 1.76. The van der Waals surface area contributed by atoms with Gasteiger partial charge in [-0.2, -0.15) is 0 Å². The highest BCUT2D eigenvalue weighted by Gasteiger charge is 2.21. The normalized spacial score (nSPS) is 12.8. The van der Waals surface area contributed by atoms with Crippen LogP contribution in [0.25, 0.3) is 0 Å². The van der Waals surface area contributed by atoms with Crippen molar-refractivity contribution in [2.45, 2.75) is 38.8 Å². The van der Waals surface area contributed by atoms with Gasteiger partial charge in [0.2, 0.25) is 17.7 Å². The fourth-order valence-electron chi connectivity index (χ4n) is 1.76. The van der Waals surface area contributed by atoms with Crippen LogP contribution in [-0.4, -0.2) is 65.0 Å². The van der Waals surface area contributed by atoms with E-state index in [-0.39, 0.29) is 12.3 Å². The second kappa shape index (κ2) is 11.0. The average Bonchev–Trinajstić information content (AvgIpc) is 2.48. The molecule has 0 aliphatic heterocycles. The number of rotatable bonds is 11. The molecule has 0 radical (unpaired) electrons. The summed E-state index contributed by atoms with van der Waals surface area (Å²) in [6, 6.07) is -2.35. The van der Waals surface area contributed by atoms with E-state index in [1.54, 1.807) is 0 Å². The minimum atomic E-state index is -1.29. The lowest BCUT2D eigenvalue weighted by molar-refractivity contribution is -0.142. The number of amides is 3. The summed E-state index contributed by atoms with van der Waals surface area (Å²) in [6.45, 7) is 2.66. The lowest BCUT2D eigenvalue weighted by Crippen LogP contribution is -2.49. The predicted octanol–water partition coefficient (Wildman–Crippen LogP) is -2.36. The van der Waals surface area contributed by atoms with Gasteiger partial charge in [0.15, 0.2) is 0 Å². The first-order chi connectivity index (χ1) is 11.5. The van der Waals surface area contributed by atoms with E-state index in [0.717, 1.165) is 0 Å². The highest BCUT2D eigenvalue weighted by atomic mass is 16.4. The van der Waals surface area contributed by atoms with Gasteiger partial charge in [0.25, 0.3) is 0 Å². The molecule has 0 aliphatic rings. The maximum atomic E-state index is 11.6. The number of hydrogen-bond acceptors (Lipinski definition) is 6. The monoisotopic (exact) mass is 360 g/mol. The standard InChI is InChI=1S/C14H24N4O7/c1-7(2)3-9(14(24)25)18-11(20)6-16-10(19)5-17-13(23)8(15)4-12(21)22/h7-9H,3-6,15H2,1-2H3,(H,16,19)(H,17,23)(H,18,20)(H,21,22)(H,24,25)/t8-,9-/m0/s1. The molecule has 25 heavy (non-hydrogen) atoms. The Morgan fingerprint density at radius 2 is 1.52 bits per heavy atom. The second-order valence-corrected chi connectivity index (χ2v) is 5.79. The topological polar surface area (TPSA) is 188 Å². The molecule has 0 bridgehead atoms. The van der Waals surface area contributed by atoms with Gasteiger partial charge in [-0.1, -0.05) is 13.8 Å². The molecule has 0 aliphatic carbocycles. The van der Waals surface area contributed by atoms with Crippen LogP contribution in [0.5, 0.6) is 0 Å². The number of nitrogens with one attached hydrogen (secondary N) is 3. The van der Waals surface area contributed by atoms with Gasteiger partial charge in [0.05, 0.1) is 25.6 Å². The Morgan fingerprint density at radius 3 is 2.00 bits per heavy atom. The van der Waals surface area contributed by atoms with E-state index in [1.807, 2.05) is 13.8 Å². The SMILES string of the molecule is CC(C)C[C@H](NC(=O)CNC(=O)CNC(=O)[C@@H](N)CC(=O)O)C(=O)O. The molecular formula is C14H24N4O7. The van der Waals surface area contributed by atoms with Crippen LogP contribution in [0, 0.1) is 5.92 Å². The summed E-state index contributed by atoms with van der Waals surface area (Å²) >= 11 is 0. The Kier molecular flexibility index (Phi) is 9.79. The van der Waals surface area contributed by atoms with Crippen LogP contribution in [0.15, 0.2) is 0 Å². The molecule has 7 N–H and O–H groups in total. The molecule has 142 valence electrons. The van der Waals surface area contributed by atoms with Gasteiger partial charge in [0.1, 0.15) is 6.04 Å². The van der Waals surface area contributed by atoms with Gasteiger partial charge in [-0.3, -0.25) is 19.2 Å². The molecule has 2 atom stereocenters. The number of carboxylic acid groups (broad SMARTS) is 2. The van der Waals surface area contributed by atoms with Gasteiger partial charge in [0, 0.05) is 0 Å². The van der Waals surface area contributed by atoms with E-state index < -0.39 is 61.3 Å². The van der Waals surface area contributed by atoms with Gasteiger partial charge >= 0.3 is 11.9 Å². The van der Waals surface area contributed by atoms with E-state index in [9.17, 15) is 24.0 Å². The largest absolute Gasteiger partial charge is 0.481 e. The van der Waals surface area contributed by atoms with Crippen LogP contribution in [0.1, 0.15) is 26.7 Å². The zero-order valence-corrected chi connectivity index (χ0v) is 14.1. The Bertz CT molecular complexity index is 521. The Hall–Kier alpha value is -2.69. The first-order valence-corrected chi connectivity index (χ1v) is 7.56. The molecule has 0 saturated carbocycles. The maximum absolute atomic E-state index is 11.6. The van der Waals surface area contributed by atoms with Crippen LogP contribution in [0.3, 0.4) is 0 Å². The Labute approximate surface area is 144 Å². The molecule has 0 rings (SSSR count). The molecule has 11 nitrogen and oxygen atoms in total. The lowest BCUT2D eigenvalue weighted by atomic mass is 10.0. The lowest BCUT2D eigenvalue weighted by Gasteiger charge is -2.16. The van der Waals surface area contributed by atoms with Crippen molar-refractivity contribution in [1.29, 1.82) is 0 Å². The molecule has 3 amide bonds. The number of aliphatic carboxylic acids is 2. The van der Waals surface area contributed by atoms with E-state index >= 15 is 0 Å². The van der Waals surface area contributed by atoms with Gasteiger partial charge in [-0.15, -0.1) is 0 Å². The number of hydrogen-bond donors (Lipinski definition) is 6. The van der Waals surface area contributed by atoms with Crippen LogP contribution >= 0.6 is 0 Å². The summed E-state index contributed by atoms with van der Waals surface area (Å²) < 4.78 is 0. The van der Waals surface area contributed by atoms with Crippen molar-refractivity contribution in [1.82, 2.24) is 16.0 Å². The number of nitrogens with two attached hydrogens (primary N) is 1. The summed E-state index contributed by atoms with van der Waals surface area (Å²) in [4.78, 5) is 56.0. The molecule has 0 saturated heterocycles. The zero-order valence-electron chi connectivity index (χ0n) is 14.1. The first kappa shape index (κ1) is 22.3. The summed E-state index contributed by atoms with van der Waals surface area (Å²) in [5, 5.41) is 24.1. The third kappa shape index (κ3) is 10.7. The molecule has 0 aromatic heterocycles. The van der Waals surface area contributed by atoms with Crippen LogP contribution in [0.4, 0.5) is 0 Å². The van der Waals surface area contributed by atoms with Crippen molar-refractivity contribution in [2.75, 3.05) is 13.1 Å². The molecule has 0 heterocycles. The number of carbonyl (C=O) groups excluding carboxylic acids is 3. The van der Waals surface area contributed by atoms with Crippen LogP contribution < -0.4 is 21.7 Å². The van der Waals surface area contributed by atoms with Crippen molar-refractivity contribution in [3.63, 3.8) is 0 Å². The van der Waals surface area contributed by atoms with E-state index in [1.165, 1.54) is 0 Å². The molecule has 0 spiro atoms. The third-order valence-electron chi connectivity index (χ3n) is 2.94. The third-order valence-corrected chi connectivity index (χ3v) is 2.94. The zero-order chi connectivity index (χ0) is 19.6. The van der Waals surface area contributed by atoms with Crippen molar-refractivity contribution < 1.29 is 34.2 Å². The minimum Gasteiger partial charge on any atom is -0.481 e. The molecule has 0 aromatic carbocycles. The quantitative estimate of drug-likeness (QED) is 0.236. The minimum absolute atomic E-state index is 0.0567. The number of carboxylic acids is 2. The van der Waals surface area contributed by atoms with E-state index in [0.29, 0.717) is 0 Å². The molecular weight excluding hydrogens is 336 g/mol. The van der Waals surface area contributed by atoms with Gasteiger partial charge < -0.3 is 31.9 Å². The second-order valence-electron chi connectivity index (χ2n) is 5.79. The highest BCUT2D eigenvalue weighted by Crippen LogP contribution is 2.04. The van der Waals surface area contributed by atoms with E-state index in [2.05, 4.69) is 16.0 Å². The fraction of sp³-hybridized carbons (Fsp3) is 0.643. The Balaban J connectivity index is 4.19. The smallest absolute Gasteiger partial charge is 0.326 e. The highest BCUT2D eigenvalue weighted by molar-refractivity contribution is 5.91. The van der Waals surface area contributed by atoms with Crippen molar-refractivity contribution >= 4 is 29.7 Å². The first-order valence-electron chi connectivity index (χ1n) is 7.56. The van der Waals surface area contributed by atoms with Gasteiger partial charge in [-0.25, -0.2) is 4.79 Å². The van der Waals surface area contributed by atoms with Crippen LogP contribution in [0.2, 0.25) is 0 Å². The van der Waals surface area contributed by atoms with Crippen molar-refractivity contribution in [3.05, 3.63) is 0 Å². The maximum Gasteiger partial charge on any atom is 0.326 e. The number of carbonyl (C=O) groups is 5.